The minimum Gasteiger partial charge on any atom is -0.332 e. The Morgan fingerprint density at radius 1 is 1.28 bits per heavy atom. The van der Waals surface area contributed by atoms with Crippen LogP contribution >= 0.6 is 0 Å². The van der Waals surface area contributed by atoms with Gasteiger partial charge in [-0.2, -0.15) is 5.10 Å². The molecule has 1 aromatic carbocycles. The molecule has 0 aliphatic carbocycles. The largest absolute Gasteiger partial charge is 0.332 e. The summed E-state index contributed by atoms with van der Waals surface area (Å²) < 4.78 is 15.6. The fraction of sp³-hybridized carbons (Fsp3) is 0.444. The summed E-state index contributed by atoms with van der Waals surface area (Å²) in [5.74, 6) is -0.184. The van der Waals surface area contributed by atoms with Crippen molar-refractivity contribution >= 4 is 6.03 Å². The van der Waals surface area contributed by atoms with E-state index in [4.69, 9.17) is 0 Å². The molecule has 1 aliphatic heterocycles. The Morgan fingerprint density at radius 2 is 2.08 bits per heavy atom. The molecule has 1 aromatic heterocycles. The molecule has 0 bridgehead atoms. The number of hydrogen-bond donors (Lipinski definition) is 1. The molecule has 7 heteroatoms. The number of aromatic nitrogens is 2. The van der Waals surface area contributed by atoms with Crippen molar-refractivity contribution in [3.05, 3.63) is 52.6 Å². The van der Waals surface area contributed by atoms with E-state index in [0.717, 1.165) is 48.7 Å². The number of nitrogens with zero attached hydrogens (tertiary/aromatic N) is 4. The van der Waals surface area contributed by atoms with Gasteiger partial charge in [0.25, 0.3) is 0 Å². The maximum atomic E-state index is 13.6. The number of nitrogens with one attached hydrogen (secondary N) is 1. The predicted octanol–water partition coefficient (Wildman–Crippen LogP) is 2.12. The number of hydrogen-bond acceptors (Lipinski definition) is 3. The van der Waals surface area contributed by atoms with Gasteiger partial charge in [0.2, 0.25) is 0 Å². The first-order valence-corrected chi connectivity index (χ1v) is 8.40. The third-order valence-corrected chi connectivity index (χ3v) is 4.26. The van der Waals surface area contributed by atoms with Gasteiger partial charge >= 0.3 is 6.03 Å². The highest BCUT2D eigenvalue weighted by Crippen LogP contribution is 2.17. The molecule has 1 aliphatic rings. The lowest BCUT2D eigenvalue weighted by Gasteiger charge is -2.27. The van der Waals surface area contributed by atoms with Crippen LogP contribution in [0.5, 0.6) is 0 Å². The summed E-state index contributed by atoms with van der Waals surface area (Å²) in [5, 5.41) is 7.38. The van der Waals surface area contributed by atoms with Crippen LogP contribution in [0.1, 0.15) is 22.5 Å². The van der Waals surface area contributed by atoms with Crippen molar-refractivity contribution in [3.63, 3.8) is 0 Å². The Bertz CT molecular complexity index is 751. The van der Waals surface area contributed by atoms with Gasteiger partial charge in [0.1, 0.15) is 5.82 Å². The number of urea groups is 1. The van der Waals surface area contributed by atoms with Crippen LogP contribution in [0.2, 0.25) is 0 Å². The molecule has 0 spiro atoms. The molecule has 0 fully saturated rings. The van der Waals surface area contributed by atoms with Crippen LogP contribution in [0, 0.1) is 12.7 Å². The smallest absolute Gasteiger partial charge is 0.317 e. The van der Waals surface area contributed by atoms with Crippen LogP contribution in [-0.4, -0.2) is 46.3 Å². The molecule has 134 valence electrons. The maximum Gasteiger partial charge on any atom is 0.317 e. The SMILES string of the molecule is Cc1cc(F)cc(CN2CCn3nc(CNC(=O)N(C)C)cc3C2)c1. The number of carbonyl (C=O) groups excluding carboxylic acids is 1. The fourth-order valence-corrected chi connectivity index (χ4v) is 3.09. The molecule has 2 aromatic rings. The zero-order chi connectivity index (χ0) is 18.0. The number of rotatable bonds is 4. The Morgan fingerprint density at radius 3 is 2.80 bits per heavy atom. The van der Waals surface area contributed by atoms with Crippen LogP contribution in [0.25, 0.3) is 0 Å². The molecule has 1 N–H and O–H groups in total. The lowest BCUT2D eigenvalue weighted by molar-refractivity contribution is 0.204. The van der Waals surface area contributed by atoms with Gasteiger partial charge in [-0.15, -0.1) is 0 Å². The molecule has 3 rings (SSSR count). The van der Waals surface area contributed by atoms with Crippen molar-refractivity contribution in [2.45, 2.75) is 33.1 Å². The Balaban J connectivity index is 1.62. The van der Waals surface area contributed by atoms with E-state index in [1.54, 1.807) is 26.2 Å². The molecule has 0 radical (unpaired) electrons. The molecular formula is C18H24FN5O. The van der Waals surface area contributed by atoms with Gasteiger partial charge in [-0.25, -0.2) is 9.18 Å². The second kappa shape index (κ2) is 7.23. The van der Waals surface area contributed by atoms with Crippen molar-refractivity contribution in [1.82, 2.24) is 24.9 Å². The Kier molecular flexibility index (Phi) is 5.03. The zero-order valence-corrected chi connectivity index (χ0v) is 14.9. The van der Waals surface area contributed by atoms with Gasteiger partial charge in [-0.3, -0.25) is 9.58 Å². The van der Waals surface area contributed by atoms with Crippen LogP contribution in [-0.2, 0) is 26.2 Å². The van der Waals surface area contributed by atoms with E-state index < -0.39 is 0 Å². The van der Waals surface area contributed by atoms with Crippen LogP contribution < -0.4 is 5.32 Å². The number of benzene rings is 1. The van der Waals surface area contributed by atoms with E-state index in [0.29, 0.717) is 6.54 Å². The first-order chi connectivity index (χ1) is 11.9. The Labute approximate surface area is 147 Å². The summed E-state index contributed by atoms with van der Waals surface area (Å²) >= 11 is 0. The van der Waals surface area contributed by atoms with Gasteiger partial charge in [0.05, 0.1) is 24.5 Å². The zero-order valence-electron chi connectivity index (χ0n) is 14.9. The van der Waals surface area contributed by atoms with Crippen molar-refractivity contribution in [1.29, 1.82) is 0 Å². The molecule has 25 heavy (non-hydrogen) atoms. The summed E-state index contributed by atoms with van der Waals surface area (Å²) in [4.78, 5) is 15.4. The molecule has 2 heterocycles. The quantitative estimate of drug-likeness (QED) is 0.923. The third-order valence-electron chi connectivity index (χ3n) is 4.26. The van der Waals surface area contributed by atoms with Gasteiger partial charge < -0.3 is 10.2 Å². The summed E-state index contributed by atoms with van der Waals surface area (Å²) in [6, 6.07) is 7.06. The summed E-state index contributed by atoms with van der Waals surface area (Å²) in [6.07, 6.45) is 0. The van der Waals surface area contributed by atoms with E-state index >= 15 is 0 Å². The summed E-state index contributed by atoms with van der Waals surface area (Å²) in [7, 11) is 3.42. The molecule has 0 saturated heterocycles. The van der Waals surface area contributed by atoms with E-state index in [-0.39, 0.29) is 11.8 Å². The topological polar surface area (TPSA) is 53.4 Å². The van der Waals surface area contributed by atoms with E-state index in [9.17, 15) is 9.18 Å². The van der Waals surface area contributed by atoms with Crippen molar-refractivity contribution < 1.29 is 9.18 Å². The van der Waals surface area contributed by atoms with Gasteiger partial charge in [0, 0.05) is 33.7 Å². The fourth-order valence-electron chi connectivity index (χ4n) is 3.09. The average molecular weight is 345 g/mol. The summed E-state index contributed by atoms with van der Waals surface area (Å²) in [6.45, 7) is 5.48. The standard InChI is InChI=1S/C18H24FN5O/c1-13-6-14(8-15(19)7-13)11-23-4-5-24-17(12-23)9-16(21-24)10-20-18(25)22(2)3/h6-9H,4-5,10-12H2,1-3H3,(H,20,25). The van der Waals surface area contributed by atoms with Crippen LogP contribution in [0.4, 0.5) is 9.18 Å². The van der Waals surface area contributed by atoms with E-state index in [2.05, 4.69) is 15.3 Å². The molecule has 0 saturated carbocycles. The minimum atomic E-state index is -0.184. The summed E-state index contributed by atoms with van der Waals surface area (Å²) in [5.41, 5.74) is 3.90. The molecule has 0 atom stereocenters. The van der Waals surface area contributed by atoms with Crippen molar-refractivity contribution in [2.75, 3.05) is 20.6 Å². The number of fused-ring (bicyclic) bond motifs is 1. The number of carbonyl (C=O) groups is 1. The lowest BCUT2D eigenvalue weighted by atomic mass is 10.1. The lowest BCUT2D eigenvalue weighted by Crippen LogP contribution is -2.34. The second-order valence-corrected chi connectivity index (χ2v) is 6.75. The normalized spacial score (nSPS) is 14.2. The van der Waals surface area contributed by atoms with Gasteiger partial charge in [-0.05, 0) is 36.2 Å². The number of amides is 2. The monoisotopic (exact) mass is 345 g/mol. The van der Waals surface area contributed by atoms with Crippen LogP contribution in [0.3, 0.4) is 0 Å². The molecule has 6 nitrogen and oxygen atoms in total. The highest BCUT2D eigenvalue weighted by molar-refractivity contribution is 5.73. The predicted molar refractivity (Wildman–Crippen MR) is 93.4 cm³/mol. The van der Waals surface area contributed by atoms with Gasteiger partial charge in [0.15, 0.2) is 0 Å². The number of aryl methyl sites for hydroxylation is 1. The third kappa shape index (κ3) is 4.36. The number of halogens is 1. The molecule has 2 amide bonds. The maximum absolute atomic E-state index is 13.6. The minimum absolute atomic E-state index is 0.130. The van der Waals surface area contributed by atoms with Crippen molar-refractivity contribution in [3.8, 4) is 0 Å². The highest BCUT2D eigenvalue weighted by atomic mass is 19.1. The Hall–Kier alpha value is -2.41. The highest BCUT2D eigenvalue weighted by Gasteiger charge is 2.19. The van der Waals surface area contributed by atoms with E-state index in [1.165, 1.54) is 4.90 Å². The van der Waals surface area contributed by atoms with E-state index in [1.807, 2.05) is 23.7 Å². The molecular weight excluding hydrogens is 321 g/mol. The first-order valence-electron chi connectivity index (χ1n) is 8.40. The first kappa shape index (κ1) is 17.4. The average Bonchev–Trinajstić information content (AvgIpc) is 2.93. The van der Waals surface area contributed by atoms with Gasteiger partial charge in [-0.1, -0.05) is 6.07 Å². The molecule has 0 unspecified atom stereocenters. The van der Waals surface area contributed by atoms with Crippen LogP contribution in [0.15, 0.2) is 24.3 Å². The van der Waals surface area contributed by atoms with Crippen molar-refractivity contribution in [2.24, 2.45) is 0 Å². The second-order valence-electron chi connectivity index (χ2n) is 6.75.